The molecule has 0 bridgehead atoms. The lowest BCUT2D eigenvalue weighted by Gasteiger charge is -2.33. The van der Waals surface area contributed by atoms with Crippen LogP contribution in [0.1, 0.15) is 36.0 Å². The second kappa shape index (κ2) is 7.79. The van der Waals surface area contributed by atoms with Crippen molar-refractivity contribution in [2.75, 3.05) is 32.4 Å². The Kier molecular flexibility index (Phi) is 5.72. The predicted octanol–water partition coefficient (Wildman–Crippen LogP) is 3.54. The highest BCUT2D eigenvalue weighted by atomic mass is 35.5. The Hall–Kier alpha value is -1.20. The van der Waals surface area contributed by atoms with Gasteiger partial charge in [0, 0.05) is 37.0 Å². The molecule has 2 amide bonds. The van der Waals surface area contributed by atoms with E-state index in [1.165, 1.54) is 0 Å². The van der Waals surface area contributed by atoms with E-state index in [-0.39, 0.29) is 17.7 Å². The van der Waals surface area contributed by atoms with Crippen LogP contribution in [0.4, 0.5) is 0 Å². The summed E-state index contributed by atoms with van der Waals surface area (Å²) >= 11 is 7.81. The Morgan fingerprint density at radius 1 is 1.08 bits per heavy atom. The lowest BCUT2D eigenvalue weighted by molar-refractivity contribution is -0.135. The van der Waals surface area contributed by atoms with Gasteiger partial charge < -0.3 is 9.80 Å². The summed E-state index contributed by atoms with van der Waals surface area (Å²) in [6.45, 7) is 3.05. The van der Waals surface area contributed by atoms with Gasteiger partial charge in [-0.25, -0.2) is 0 Å². The van der Waals surface area contributed by atoms with E-state index in [4.69, 9.17) is 11.6 Å². The molecular weight excluding hydrogens is 344 g/mol. The van der Waals surface area contributed by atoms with E-state index in [0.29, 0.717) is 23.7 Å². The molecule has 2 fully saturated rings. The first-order valence-corrected chi connectivity index (χ1v) is 10.1. The number of thioether (sulfide) groups is 1. The average molecular weight is 367 g/mol. The molecule has 1 aromatic rings. The van der Waals surface area contributed by atoms with E-state index in [2.05, 4.69) is 0 Å². The first kappa shape index (κ1) is 17.6. The largest absolute Gasteiger partial charge is 0.342 e. The van der Waals surface area contributed by atoms with Crippen LogP contribution in [-0.4, -0.2) is 54.0 Å². The van der Waals surface area contributed by atoms with Crippen LogP contribution < -0.4 is 0 Å². The summed E-state index contributed by atoms with van der Waals surface area (Å²) in [6.07, 6.45) is 5.72. The minimum Gasteiger partial charge on any atom is -0.342 e. The highest BCUT2D eigenvalue weighted by Gasteiger charge is 2.31. The van der Waals surface area contributed by atoms with Crippen LogP contribution in [0.15, 0.2) is 23.1 Å². The van der Waals surface area contributed by atoms with E-state index in [0.717, 1.165) is 43.7 Å². The lowest BCUT2D eigenvalue weighted by atomic mass is 9.95. The topological polar surface area (TPSA) is 40.6 Å². The molecule has 0 atom stereocenters. The van der Waals surface area contributed by atoms with Gasteiger partial charge in [-0.05, 0) is 50.1 Å². The van der Waals surface area contributed by atoms with Crippen LogP contribution in [0.25, 0.3) is 0 Å². The number of benzene rings is 1. The number of carbonyl (C=O) groups is 2. The minimum absolute atomic E-state index is 0.0250. The van der Waals surface area contributed by atoms with Crippen LogP contribution in [0, 0.1) is 5.92 Å². The zero-order valence-electron chi connectivity index (χ0n) is 14.0. The van der Waals surface area contributed by atoms with Crippen molar-refractivity contribution in [2.24, 2.45) is 5.92 Å². The van der Waals surface area contributed by atoms with Gasteiger partial charge in [0.1, 0.15) is 0 Å². The summed E-state index contributed by atoms with van der Waals surface area (Å²) in [5.41, 5.74) is 0.563. The Labute approximate surface area is 152 Å². The predicted molar refractivity (Wildman–Crippen MR) is 97.7 cm³/mol. The fourth-order valence-electron chi connectivity index (χ4n) is 3.49. The quantitative estimate of drug-likeness (QED) is 0.768. The number of halogens is 1. The maximum atomic E-state index is 12.8. The third-order valence-corrected chi connectivity index (χ3v) is 6.01. The minimum atomic E-state index is -0.0250. The molecule has 0 N–H and O–H groups in total. The van der Waals surface area contributed by atoms with E-state index in [1.54, 1.807) is 17.8 Å². The Morgan fingerprint density at radius 3 is 2.38 bits per heavy atom. The Bertz CT molecular complexity index is 623. The molecule has 0 unspecified atom stereocenters. The molecule has 0 spiro atoms. The number of carbonyl (C=O) groups excluding carboxylic acids is 2. The fraction of sp³-hybridized carbons (Fsp3) is 0.556. The van der Waals surface area contributed by atoms with Gasteiger partial charge in [-0.1, -0.05) is 11.6 Å². The van der Waals surface area contributed by atoms with Gasteiger partial charge >= 0.3 is 0 Å². The molecule has 3 rings (SSSR count). The summed E-state index contributed by atoms with van der Waals surface area (Å²) in [5, 5.41) is 0.494. The monoisotopic (exact) mass is 366 g/mol. The highest BCUT2D eigenvalue weighted by Crippen LogP contribution is 2.27. The van der Waals surface area contributed by atoms with E-state index in [1.807, 2.05) is 28.2 Å². The van der Waals surface area contributed by atoms with Gasteiger partial charge in [0.25, 0.3) is 5.91 Å². The maximum Gasteiger partial charge on any atom is 0.255 e. The number of nitrogens with zero attached hydrogens (tertiary/aromatic N) is 2. The fourth-order valence-corrected chi connectivity index (χ4v) is 4.13. The van der Waals surface area contributed by atoms with Crippen molar-refractivity contribution in [3.8, 4) is 0 Å². The molecule has 0 aliphatic carbocycles. The second-order valence-electron chi connectivity index (χ2n) is 6.44. The number of hydrogen-bond acceptors (Lipinski definition) is 3. The van der Waals surface area contributed by atoms with Crippen molar-refractivity contribution in [3.05, 3.63) is 28.8 Å². The van der Waals surface area contributed by atoms with Gasteiger partial charge in [-0.15, -0.1) is 11.8 Å². The summed E-state index contributed by atoms with van der Waals surface area (Å²) in [4.78, 5) is 30.1. The molecule has 0 radical (unpaired) electrons. The SMILES string of the molecule is CSc1ccc(Cl)c(C(=O)N2CCC(C(=O)N3CCCC3)CC2)c1. The molecule has 2 saturated heterocycles. The lowest BCUT2D eigenvalue weighted by Crippen LogP contribution is -2.43. The molecule has 130 valence electrons. The number of hydrogen-bond donors (Lipinski definition) is 0. The van der Waals surface area contributed by atoms with Crippen molar-refractivity contribution in [3.63, 3.8) is 0 Å². The van der Waals surface area contributed by atoms with Crippen molar-refractivity contribution in [1.29, 1.82) is 0 Å². The van der Waals surface area contributed by atoms with E-state index in [9.17, 15) is 9.59 Å². The third-order valence-electron chi connectivity index (χ3n) is 4.95. The van der Waals surface area contributed by atoms with Crippen molar-refractivity contribution in [2.45, 2.75) is 30.6 Å². The van der Waals surface area contributed by atoms with Gasteiger partial charge in [0.05, 0.1) is 10.6 Å². The molecular formula is C18H23ClN2O2S. The smallest absolute Gasteiger partial charge is 0.255 e. The summed E-state index contributed by atoms with van der Waals surface area (Å²) in [7, 11) is 0. The molecule has 0 aromatic heterocycles. The zero-order chi connectivity index (χ0) is 17.1. The van der Waals surface area contributed by atoms with E-state index < -0.39 is 0 Å². The number of likely N-dealkylation sites (tertiary alicyclic amines) is 2. The molecule has 4 nitrogen and oxygen atoms in total. The van der Waals surface area contributed by atoms with Gasteiger partial charge in [0.15, 0.2) is 0 Å². The first-order valence-electron chi connectivity index (χ1n) is 8.51. The number of piperidine rings is 1. The number of amides is 2. The highest BCUT2D eigenvalue weighted by molar-refractivity contribution is 7.98. The van der Waals surface area contributed by atoms with Crippen molar-refractivity contribution >= 4 is 35.2 Å². The molecule has 2 heterocycles. The van der Waals surface area contributed by atoms with Gasteiger partial charge in [0.2, 0.25) is 5.91 Å². The van der Waals surface area contributed by atoms with Gasteiger partial charge in [-0.3, -0.25) is 9.59 Å². The van der Waals surface area contributed by atoms with Crippen LogP contribution in [0.3, 0.4) is 0 Å². The van der Waals surface area contributed by atoms with Crippen LogP contribution in [0.2, 0.25) is 5.02 Å². The third kappa shape index (κ3) is 3.72. The molecule has 2 aliphatic rings. The molecule has 1 aromatic carbocycles. The van der Waals surface area contributed by atoms with Crippen molar-refractivity contribution < 1.29 is 9.59 Å². The molecule has 2 aliphatic heterocycles. The summed E-state index contributed by atoms with van der Waals surface area (Å²) in [5.74, 6) is 0.324. The molecule has 0 saturated carbocycles. The van der Waals surface area contributed by atoms with Crippen LogP contribution >= 0.6 is 23.4 Å². The Morgan fingerprint density at radius 2 is 1.75 bits per heavy atom. The zero-order valence-corrected chi connectivity index (χ0v) is 15.5. The standard InChI is InChI=1S/C18H23ClN2O2S/c1-24-14-4-5-16(19)15(12-14)18(23)21-10-6-13(7-11-21)17(22)20-8-2-3-9-20/h4-5,12-13H,2-3,6-11H2,1H3. The number of rotatable bonds is 3. The van der Waals surface area contributed by atoms with E-state index >= 15 is 0 Å². The van der Waals surface area contributed by atoms with Gasteiger partial charge in [-0.2, -0.15) is 0 Å². The normalized spacial score (nSPS) is 18.9. The Balaban J connectivity index is 1.62. The van der Waals surface area contributed by atoms with Crippen molar-refractivity contribution in [1.82, 2.24) is 9.80 Å². The average Bonchev–Trinajstić information content (AvgIpc) is 3.16. The first-order chi connectivity index (χ1) is 11.6. The summed E-state index contributed by atoms with van der Waals surface area (Å²) in [6, 6.07) is 5.56. The molecule has 24 heavy (non-hydrogen) atoms. The van der Waals surface area contributed by atoms with Crippen LogP contribution in [-0.2, 0) is 4.79 Å². The maximum absolute atomic E-state index is 12.8. The summed E-state index contributed by atoms with van der Waals surface area (Å²) < 4.78 is 0. The second-order valence-corrected chi connectivity index (χ2v) is 7.73. The van der Waals surface area contributed by atoms with Crippen LogP contribution in [0.5, 0.6) is 0 Å². The molecule has 6 heteroatoms.